The summed E-state index contributed by atoms with van der Waals surface area (Å²) in [6.45, 7) is 3.87. The van der Waals surface area contributed by atoms with Crippen molar-refractivity contribution in [2.45, 2.75) is 25.7 Å². The van der Waals surface area contributed by atoms with E-state index < -0.39 is 5.97 Å². The van der Waals surface area contributed by atoms with Gasteiger partial charge in [-0.25, -0.2) is 4.79 Å². The van der Waals surface area contributed by atoms with Crippen LogP contribution in [0.3, 0.4) is 0 Å². The van der Waals surface area contributed by atoms with E-state index in [1.54, 1.807) is 0 Å². The highest BCUT2D eigenvalue weighted by atomic mass is 79.9. The highest BCUT2D eigenvalue weighted by Gasteiger charge is 2.36. The molecule has 0 saturated carbocycles. The molecule has 2 aromatic rings. The van der Waals surface area contributed by atoms with E-state index in [4.69, 9.17) is 4.98 Å². The van der Waals surface area contributed by atoms with Crippen LogP contribution in [0.5, 0.6) is 0 Å². The van der Waals surface area contributed by atoms with Crippen LogP contribution in [0.25, 0.3) is 10.9 Å². The first-order valence-corrected chi connectivity index (χ1v) is 7.97. The maximum Gasteiger partial charge on any atom is 0.338 e. The van der Waals surface area contributed by atoms with Crippen molar-refractivity contribution in [1.29, 1.82) is 0 Å². The first kappa shape index (κ1) is 13.1. The minimum Gasteiger partial charge on any atom is -0.478 e. The number of hydrogen-bond donors (Lipinski definition) is 1. The Labute approximate surface area is 130 Å². The molecule has 4 heterocycles. The molecule has 0 spiro atoms. The molecule has 1 saturated heterocycles. The van der Waals surface area contributed by atoms with Crippen LogP contribution < -0.4 is 4.90 Å². The van der Waals surface area contributed by atoms with Crippen LogP contribution >= 0.6 is 15.9 Å². The molecule has 1 N–H and O–H groups in total. The van der Waals surface area contributed by atoms with Gasteiger partial charge in [-0.2, -0.15) is 0 Å². The summed E-state index contributed by atoms with van der Waals surface area (Å²) in [6, 6.07) is 3.87. The van der Waals surface area contributed by atoms with Crippen molar-refractivity contribution >= 4 is 38.5 Å². The molecular weight excluding hydrogens is 332 g/mol. The summed E-state index contributed by atoms with van der Waals surface area (Å²) < 4.78 is 0.896. The largest absolute Gasteiger partial charge is 0.478 e. The summed E-state index contributed by atoms with van der Waals surface area (Å²) >= 11 is 3.47. The van der Waals surface area contributed by atoms with E-state index in [9.17, 15) is 9.90 Å². The van der Waals surface area contributed by atoms with Crippen molar-refractivity contribution in [3.05, 3.63) is 33.4 Å². The molecule has 5 heteroatoms. The zero-order chi connectivity index (χ0) is 14.7. The number of rotatable bonds is 1. The Hall–Kier alpha value is -1.62. The van der Waals surface area contributed by atoms with Crippen LogP contribution in [0.1, 0.15) is 40.4 Å². The van der Waals surface area contributed by atoms with Gasteiger partial charge in [-0.3, -0.25) is 4.98 Å². The minimum absolute atomic E-state index is 0.413. The summed E-state index contributed by atoms with van der Waals surface area (Å²) in [6.07, 6.45) is 2.17. The van der Waals surface area contributed by atoms with Gasteiger partial charge in [0.15, 0.2) is 0 Å². The molecule has 4 nitrogen and oxygen atoms in total. The Bertz CT molecular complexity index is 780. The van der Waals surface area contributed by atoms with Crippen LogP contribution in [0.15, 0.2) is 16.6 Å². The van der Waals surface area contributed by atoms with Crippen LogP contribution in [0, 0.1) is 6.92 Å². The van der Waals surface area contributed by atoms with Gasteiger partial charge in [-0.1, -0.05) is 15.9 Å². The lowest BCUT2D eigenvalue weighted by molar-refractivity contribution is 0.0699. The fourth-order valence-corrected chi connectivity index (χ4v) is 4.27. The maximum absolute atomic E-state index is 11.9. The van der Waals surface area contributed by atoms with Crippen molar-refractivity contribution in [3.8, 4) is 0 Å². The molecule has 3 aliphatic heterocycles. The molecule has 0 radical (unpaired) electrons. The number of nitrogens with zero attached hydrogens (tertiary/aromatic N) is 2. The Balaban J connectivity index is 2.17. The van der Waals surface area contributed by atoms with Crippen LogP contribution in [0.2, 0.25) is 0 Å². The lowest BCUT2D eigenvalue weighted by Crippen LogP contribution is -2.40. The lowest BCUT2D eigenvalue weighted by atomic mass is 9.84. The van der Waals surface area contributed by atoms with E-state index in [1.165, 1.54) is 0 Å². The van der Waals surface area contributed by atoms with Gasteiger partial charge in [0.05, 0.1) is 22.5 Å². The first-order valence-electron chi connectivity index (χ1n) is 7.18. The topological polar surface area (TPSA) is 53.4 Å². The zero-order valence-corrected chi connectivity index (χ0v) is 13.3. The first-order chi connectivity index (χ1) is 10.1. The van der Waals surface area contributed by atoms with Gasteiger partial charge >= 0.3 is 5.97 Å². The number of pyridine rings is 1. The monoisotopic (exact) mass is 346 g/mol. The number of aryl methyl sites for hydroxylation is 1. The number of benzene rings is 1. The SMILES string of the molecule is Cc1cc(Br)cc2c(C(=O)O)c3c(nc12)C1CCN3CC1. The van der Waals surface area contributed by atoms with Gasteiger partial charge < -0.3 is 10.0 Å². The van der Waals surface area contributed by atoms with Crippen molar-refractivity contribution in [3.63, 3.8) is 0 Å². The summed E-state index contributed by atoms with van der Waals surface area (Å²) in [5.74, 6) is -0.445. The molecule has 108 valence electrons. The van der Waals surface area contributed by atoms with Gasteiger partial charge in [0.1, 0.15) is 0 Å². The summed E-state index contributed by atoms with van der Waals surface area (Å²) in [7, 11) is 0. The second-order valence-electron chi connectivity index (χ2n) is 5.91. The number of fused-ring (bicyclic) bond motifs is 3. The zero-order valence-electron chi connectivity index (χ0n) is 11.7. The number of piperidine rings is 1. The predicted octanol–water partition coefficient (Wildman–Crippen LogP) is 3.70. The van der Waals surface area contributed by atoms with E-state index in [0.29, 0.717) is 11.5 Å². The molecule has 0 amide bonds. The molecule has 21 heavy (non-hydrogen) atoms. The Morgan fingerprint density at radius 3 is 2.76 bits per heavy atom. The number of halogens is 1. The van der Waals surface area contributed by atoms with Gasteiger partial charge in [0.25, 0.3) is 0 Å². The smallest absolute Gasteiger partial charge is 0.338 e. The number of carbonyl (C=O) groups is 1. The fraction of sp³-hybridized carbons (Fsp3) is 0.375. The highest BCUT2D eigenvalue weighted by molar-refractivity contribution is 9.10. The second kappa shape index (κ2) is 4.44. The average molecular weight is 347 g/mol. The van der Waals surface area contributed by atoms with E-state index in [1.807, 2.05) is 19.1 Å². The third-order valence-corrected chi connectivity index (χ3v) is 5.12. The Kier molecular flexibility index (Phi) is 2.76. The number of carboxylic acids is 1. The lowest BCUT2D eigenvalue weighted by Gasteiger charge is -2.42. The molecular formula is C16H15BrN2O2. The molecule has 1 fully saturated rings. The van der Waals surface area contributed by atoms with Crippen LogP contribution in [-0.2, 0) is 0 Å². The number of aromatic carboxylic acids is 1. The summed E-state index contributed by atoms with van der Waals surface area (Å²) in [5, 5.41) is 10.5. The number of aromatic nitrogens is 1. The van der Waals surface area contributed by atoms with Gasteiger partial charge in [-0.05, 0) is 37.5 Å². The Morgan fingerprint density at radius 2 is 2.10 bits per heavy atom. The van der Waals surface area contributed by atoms with E-state index in [2.05, 4.69) is 20.8 Å². The number of hydrogen-bond acceptors (Lipinski definition) is 3. The van der Waals surface area contributed by atoms with E-state index >= 15 is 0 Å². The average Bonchev–Trinajstić information content (AvgIpc) is 2.46. The highest BCUT2D eigenvalue weighted by Crippen LogP contribution is 2.45. The van der Waals surface area contributed by atoms with Crippen molar-refractivity contribution < 1.29 is 9.90 Å². The maximum atomic E-state index is 11.9. The standard InChI is InChI=1S/C16H15BrN2O2/c1-8-6-10(17)7-11-12(16(20)21)15-14(18-13(8)11)9-2-4-19(15)5-3-9/h6-7,9H,2-5H2,1H3,(H,20,21). The third-order valence-electron chi connectivity index (χ3n) is 4.66. The molecule has 0 aliphatic carbocycles. The summed E-state index contributed by atoms with van der Waals surface area (Å²) in [4.78, 5) is 19.0. The third kappa shape index (κ3) is 1.80. The molecule has 2 bridgehead atoms. The van der Waals surface area contributed by atoms with Crippen molar-refractivity contribution in [1.82, 2.24) is 4.98 Å². The molecule has 0 atom stereocenters. The van der Waals surface area contributed by atoms with Crippen molar-refractivity contribution in [2.75, 3.05) is 18.0 Å². The Morgan fingerprint density at radius 1 is 1.38 bits per heavy atom. The van der Waals surface area contributed by atoms with Gasteiger partial charge in [0.2, 0.25) is 0 Å². The molecule has 1 aromatic carbocycles. The number of anilines is 1. The second-order valence-corrected chi connectivity index (χ2v) is 6.82. The molecule has 1 aromatic heterocycles. The van der Waals surface area contributed by atoms with Crippen LogP contribution in [0.4, 0.5) is 5.69 Å². The molecule has 0 unspecified atom stereocenters. The van der Waals surface area contributed by atoms with E-state index in [-0.39, 0.29) is 0 Å². The minimum atomic E-state index is -0.858. The van der Waals surface area contributed by atoms with Crippen LogP contribution in [-0.4, -0.2) is 29.1 Å². The molecule has 3 aliphatic rings. The predicted molar refractivity (Wildman–Crippen MR) is 85.3 cm³/mol. The fourth-order valence-electron chi connectivity index (χ4n) is 3.70. The normalized spacial score (nSPS) is 17.3. The van der Waals surface area contributed by atoms with E-state index in [0.717, 1.165) is 58.3 Å². The van der Waals surface area contributed by atoms with Gasteiger partial charge in [-0.15, -0.1) is 0 Å². The van der Waals surface area contributed by atoms with Crippen molar-refractivity contribution in [2.24, 2.45) is 0 Å². The van der Waals surface area contributed by atoms with Gasteiger partial charge in [0, 0.05) is 28.9 Å². The number of carboxylic acid groups (broad SMARTS) is 1. The molecule has 5 rings (SSSR count). The quantitative estimate of drug-likeness (QED) is 0.855. The summed E-state index contributed by atoms with van der Waals surface area (Å²) in [5.41, 5.74) is 4.10.